The van der Waals surface area contributed by atoms with Gasteiger partial charge in [-0.1, -0.05) is 6.42 Å². The van der Waals surface area contributed by atoms with Gasteiger partial charge in [-0.15, -0.1) is 0 Å². The summed E-state index contributed by atoms with van der Waals surface area (Å²) in [5.74, 6) is 2.67. The molecule has 1 N–H and O–H groups in total. The average molecular weight is 362 g/mol. The van der Waals surface area contributed by atoms with Crippen LogP contribution in [-0.2, 0) is 0 Å². The van der Waals surface area contributed by atoms with Gasteiger partial charge >= 0.3 is 0 Å². The number of piperidine rings is 1. The highest BCUT2D eigenvalue weighted by atomic mass is 16.5. The number of rotatable bonds is 5. The molecule has 1 saturated carbocycles. The normalized spacial score (nSPS) is 25.9. The largest absolute Gasteiger partial charge is 0.493 e. The summed E-state index contributed by atoms with van der Waals surface area (Å²) in [6, 6.07) is 3.65. The molecular weight excluding hydrogens is 332 g/mol. The summed E-state index contributed by atoms with van der Waals surface area (Å²) in [4.78, 5) is 15.3. The molecule has 1 aromatic carbocycles. The number of amides is 1. The van der Waals surface area contributed by atoms with Gasteiger partial charge in [0, 0.05) is 18.2 Å². The molecule has 2 fully saturated rings. The number of hydrogen-bond donors (Lipinski definition) is 1. The molecule has 0 aromatic heterocycles. The van der Waals surface area contributed by atoms with Crippen LogP contribution in [0.5, 0.6) is 17.2 Å². The Bertz CT molecular complexity index is 624. The van der Waals surface area contributed by atoms with Gasteiger partial charge in [-0.05, 0) is 56.8 Å². The van der Waals surface area contributed by atoms with Gasteiger partial charge in [0.05, 0.1) is 21.3 Å². The summed E-state index contributed by atoms with van der Waals surface area (Å²) in [7, 11) is 6.84. The van der Waals surface area contributed by atoms with Gasteiger partial charge in [-0.3, -0.25) is 4.79 Å². The van der Waals surface area contributed by atoms with E-state index >= 15 is 0 Å². The Balaban J connectivity index is 1.79. The molecule has 0 bridgehead atoms. The molecule has 144 valence electrons. The first-order valence-electron chi connectivity index (χ1n) is 9.36. The number of likely N-dealkylation sites (tertiary alicyclic amines) is 1. The third-order valence-corrected chi connectivity index (χ3v) is 5.86. The fraction of sp³-hybridized carbons (Fsp3) is 0.650. The van der Waals surface area contributed by atoms with Crippen molar-refractivity contribution in [3.63, 3.8) is 0 Å². The van der Waals surface area contributed by atoms with Gasteiger partial charge in [0.15, 0.2) is 11.5 Å². The lowest BCUT2D eigenvalue weighted by atomic mass is 9.72. The number of ether oxygens (including phenoxy) is 3. The van der Waals surface area contributed by atoms with Crippen molar-refractivity contribution in [3.8, 4) is 17.2 Å². The molecule has 6 heteroatoms. The molecule has 1 aliphatic carbocycles. The summed E-state index contributed by atoms with van der Waals surface area (Å²) in [6.07, 6.45) is 4.75. The summed E-state index contributed by atoms with van der Waals surface area (Å²) in [5, 5.41) is 3.28. The van der Waals surface area contributed by atoms with Crippen LogP contribution in [0.4, 0.5) is 0 Å². The minimum absolute atomic E-state index is 0.0804. The molecule has 1 saturated heterocycles. The molecule has 3 atom stereocenters. The molecule has 2 aliphatic rings. The summed E-state index contributed by atoms with van der Waals surface area (Å²) < 4.78 is 16.1. The minimum Gasteiger partial charge on any atom is -0.493 e. The molecule has 1 unspecified atom stereocenters. The Morgan fingerprint density at radius 2 is 1.77 bits per heavy atom. The third-order valence-electron chi connectivity index (χ3n) is 5.86. The first-order valence-corrected chi connectivity index (χ1v) is 9.36. The first kappa shape index (κ1) is 18.8. The van der Waals surface area contributed by atoms with Crippen LogP contribution in [0.2, 0.25) is 0 Å². The average Bonchev–Trinajstić information content (AvgIpc) is 2.67. The fourth-order valence-corrected chi connectivity index (χ4v) is 4.47. The Hall–Kier alpha value is -1.95. The number of fused-ring (bicyclic) bond motifs is 1. The monoisotopic (exact) mass is 362 g/mol. The van der Waals surface area contributed by atoms with Gasteiger partial charge in [-0.25, -0.2) is 0 Å². The number of nitrogens with zero attached hydrogens (tertiary/aromatic N) is 1. The second kappa shape index (κ2) is 8.16. The zero-order valence-electron chi connectivity index (χ0n) is 16.2. The number of carbonyl (C=O) groups excluding carboxylic acids is 1. The molecule has 1 heterocycles. The first-order chi connectivity index (χ1) is 12.6. The van der Waals surface area contributed by atoms with E-state index < -0.39 is 0 Å². The lowest BCUT2D eigenvalue weighted by Crippen LogP contribution is -2.52. The van der Waals surface area contributed by atoms with Crippen LogP contribution in [0.15, 0.2) is 12.1 Å². The maximum atomic E-state index is 12.9. The predicted octanol–water partition coefficient (Wildman–Crippen LogP) is 2.56. The quantitative estimate of drug-likeness (QED) is 0.872. The van der Waals surface area contributed by atoms with Crippen LogP contribution >= 0.6 is 0 Å². The standard InChI is InChI=1S/C20H30N2O4/c1-22-9-8-13-6-5-7-16(15(13)12-22)21-20(23)14-10-17(24-2)19(26-4)18(11-14)25-3/h10-11,13,15-16H,5-9,12H2,1-4H3,(H,21,23)/t13-,15-,16?/m1/s1. The summed E-state index contributed by atoms with van der Waals surface area (Å²) >= 11 is 0. The predicted molar refractivity (Wildman–Crippen MR) is 100 cm³/mol. The molecule has 0 radical (unpaired) electrons. The van der Waals surface area contributed by atoms with Crippen LogP contribution in [0, 0.1) is 11.8 Å². The van der Waals surface area contributed by atoms with Crippen molar-refractivity contribution in [1.29, 1.82) is 0 Å². The van der Waals surface area contributed by atoms with Crippen LogP contribution in [-0.4, -0.2) is 58.3 Å². The number of benzene rings is 1. The van der Waals surface area contributed by atoms with Gasteiger partial charge < -0.3 is 24.4 Å². The highest BCUT2D eigenvalue weighted by Crippen LogP contribution is 2.39. The van der Waals surface area contributed by atoms with E-state index in [1.54, 1.807) is 33.5 Å². The second-order valence-electron chi connectivity index (χ2n) is 7.40. The molecule has 1 amide bonds. The Morgan fingerprint density at radius 1 is 1.08 bits per heavy atom. The molecule has 6 nitrogen and oxygen atoms in total. The molecule has 26 heavy (non-hydrogen) atoms. The highest BCUT2D eigenvalue weighted by molar-refractivity contribution is 5.95. The molecular formula is C20H30N2O4. The zero-order chi connectivity index (χ0) is 18.7. The van der Waals surface area contributed by atoms with Gasteiger partial charge in [-0.2, -0.15) is 0 Å². The lowest BCUT2D eigenvalue weighted by Gasteiger charge is -2.44. The van der Waals surface area contributed by atoms with E-state index in [1.807, 2.05) is 0 Å². The van der Waals surface area contributed by atoms with Crippen molar-refractivity contribution >= 4 is 5.91 Å². The number of methoxy groups -OCH3 is 3. The van der Waals surface area contributed by atoms with E-state index in [0.29, 0.717) is 28.7 Å². The van der Waals surface area contributed by atoms with E-state index in [4.69, 9.17) is 14.2 Å². The number of hydrogen-bond acceptors (Lipinski definition) is 5. The fourth-order valence-electron chi connectivity index (χ4n) is 4.47. The summed E-state index contributed by atoms with van der Waals surface area (Å²) in [5.41, 5.74) is 0.533. The smallest absolute Gasteiger partial charge is 0.251 e. The van der Waals surface area contributed by atoms with Crippen molar-refractivity contribution < 1.29 is 19.0 Å². The van der Waals surface area contributed by atoms with E-state index in [9.17, 15) is 4.79 Å². The van der Waals surface area contributed by atoms with Crippen molar-refractivity contribution in [2.75, 3.05) is 41.5 Å². The SMILES string of the molecule is COc1cc(C(=O)NC2CCC[C@@H]3CCN(C)C[C@@H]23)cc(OC)c1OC. The van der Waals surface area contributed by atoms with Crippen molar-refractivity contribution in [2.45, 2.75) is 31.7 Å². The van der Waals surface area contributed by atoms with Crippen LogP contribution in [0.1, 0.15) is 36.0 Å². The molecule has 0 spiro atoms. The van der Waals surface area contributed by atoms with Crippen LogP contribution in [0.3, 0.4) is 0 Å². The van der Waals surface area contributed by atoms with Crippen LogP contribution in [0.25, 0.3) is 0 Å². The minimum atomic E-state index is -0.0804. The molecule has 1 aromatic rings. The van der Waals surface area contributed by atoms with E-state index in [0.717, 1.165) is 25.4 Å². The highest BCUT2D eigenvalue weighted by Gasteiger charge is 2.37. The number of carbonyl (C=O) groups is 1. The van der Waals surface area contributed by atoms with Gasteiger partial charge in [0.25, 0.3) is 5.91 Å². The maximum absolute atomic E-state index is 12.9. The van der Waals surface area contributed by atoms with Crippen LogP contribution < -0.4 is 19.5 Å². The number of nitrogens with one attached hydrogen (secondary N) is 1. The topological polar surface area (TPSA) is 60.0 Å². The molecule has 3 rings (SSSR count). The van der Waals surface area contributed by atoms with Gasteiger partial charge in [0.2, 0.25) is 5.75 Å². The molecule has 1 aliphatic heterocycles. The third kappa shape index (κ3) is 3.75. The maximum Gasteiger partial charge on any atom is 0.251 e. The van der Waals surface area contributed by atoms with E-state index in [1.165, 1.54) is 19.3 Å². The lowest BCUT2D eigenvalue weighted by molar-refractivity contribution is 0.0650. The van der Waals surface area contributed by atoms with Crippen molar-refractivity contribution in [1.82, 2.24) is 10.2 Å². The second-order valence-corrected chi connectivity index (χ2v) is 7.40. The Morgan fingerprint density at radius 3 is 2.38 bits per heavy atom. The Kier molecular flexibility index (Phi) is 5.91. The van der Waals surface area contributed by atoms with E-state index in [2.05, 4.69) is 17.3 Å². The van der Waals surface area contributed by atoms with Crippen molar-refractivity contribution in [2.24, 2.45) is 11.8 Å². The van der Waals surface area contributed by atoms with E-state index in [-0.39, 0.29) is 11.9 Å². The zero-order valence-corrected chi connectivity index (χ0v) is 16.2. The summed E-state index contributed by atoms with van der Waals surface area (Å²) in [6.45, 7) is 2.22. The van der Waals surface area contributed by atoms with Crippen molar-refractivity contribution in [3.05, 3.63) is 17.7 Å². The Labute approximate surface area is 155 Å². The van der Waals surface area contributed by atoms with Gasteiger partial charge in [0.1, 0.15) is 0 Å².